The van der Waals surface area contributed by atoms with E-state index in [-0.39, 0.29) is 5.84 Å². The average molecular weight is 309 g/mol. The van der Waals surface area contributed by atoms with Crippen molar-refractivity contribution in [2.75, 3.05) is 6.26 Å². The molecule has 6 heteroatoms. The van der Waals surface area contributed by atoms with Crippen LogP contribution in [0, 0.1) is 0 Å². The van der Waals surface area contributed by atoms with Crippen LogP contribution in [-0.4, -0.2) is 17.3 Å². The number of ether oxygens (including phenoxy) is 1. The van der Waals surface area contributed by atoms with Crippen molar-refractivity contribution in [2.24, 2.45) is 10.9 Å². The predicted octanol–water partition coefficient (Wildman–Crippen LogP) is 3.95. The molecule has 0 heterocycles. The van der Waals surface area contributed by atoms with Crippen molar-refractivity contribution in [3.05, 3.63) is 53.1 Å². The van der Waals surface area contributed by atoms with Crippen molar-refractivity contribution in [1.82, 2.24) is 0 Å². The Morgan fingerprint density at radius 2 is 1.95 bits per heavy atom. The third-order valence-electron chi connectivity index (χ3n) is 2.61. The van der Waals surface area contributed by atoms with E-state index >= 15 is 0 Å². The summed E-state index contributed by atoms with van der Waals surface area (Å²) in [5, 5.41) is 12.6. The molecule has 20 heavy (non-hydrogen) atoms. The van der Waals surface area contributed by atoms with Crippen LogP contribution in [0.2, 0.25) is 5.02 Å². The summed E-state index contributed by atoms with van der Waals surface area (Å²) in [4.78, 5) is 0.867. The molecule has 104 valence electrons. The van der Waals surface area contributed by atoms with Gasteiger partial charge in [0.05, 0.1) is 5.56 Å². The molecular weight excluding hydrogens is 296 g/mol. The summed E-state index contributed by atoms with van der Waals surface area (Å²) in [5.41, 5.74) is 6.30. The van der Waals surface area contributed by atoms with Gasteiger partial charge in [0, 0.05) is 9.92 Å². The molecule has 0 radical (unpaired) electrons. The van der Waals surface area contributed by atoms with Crippen molar-refractivity contribution in [2.45, 2.75) is 4.90 Å². The van der Waals surface area contributed by atoms with Gasteiger partial charge >= 0.3 is 0 Å². The number of hydrogen-bond donors (Lipinski definition) is 2. The monoisotopic (exact) mass is 308 g/mol. The number of nitrogens with zero attached hydrogens (tertiary/aromatic N) is 1. The quantitative estimate of drug-likeness (QED) is 0.295. The topological polar surface area (TPSA) is 67.8 Å². The number of benzene rings is 2. The Kier molecular flexibility index (Phi) is 4.76. The molecule has 0 aliphatic rings. The largest absolute Gasteiger partial charge is 0.457 e. The van der Waals surface area contributed by atoms with E-state index < -0.39 is 0 Å². The minimum Gasteiger partial charge on any atom is -0.457 e. The van der Waals surface area contributed by atoms with Gasteiger partial charge in [-0.3, -0.25) is 0 Å². The van der Waals surface area contributed by atoms with Crippen LogP contribution < -0.4 is 10.5 Å². The average Bonchev–Trinajstić information content (AvgIpc) is 2.48. The van der Waals surface area contributed by atoms with Crippen LogP contribution in [0.15, 0.2) is 52.5 Å². The molecule has 2 aromatic carbocycles. The number of nitrogens with two attached hydrogens (primary N) is 1. The Bertz CT molecular complexity index is 630. The SMILES string of the molecule is CSc1cccc(Oc2ccc(Cl)cc2)c1/C(N)=N/O. The Labute approximate surface area is 126 Å². The third-order valence-corrected chi connectivity index (χ3v) is 3.65. The molecule has 0 fully saturated rings. The second-order valence-electron chi connectivity index (χ2n) is 3.87. The molecule has 2 rings (SSSR count). The second kappa shape index (κ2) is 6.54. The van der Waals surface area contributed by atoms with Gasteiger partial charge in [0.1, 0.15) is 11.5 Å². The van der Waals surface area contributed by atoms with E-state index in [0.717, 1.165) is 4.90 Å². The molecule has 0 unspecified atom stereocenters. The molecule has 0 amide bonds. The van der Waals surface area contributed by atoms with Gasteiger partial charge < -0.3 is 15.7 Å². The van der Waals surface area contributed by atoms with E-state index in [0.29, 0.717) is 22.1 Å². The van der Waals surface area contributed by atoms with Crippen molar-refractivity contribution < 1.29 is 9.94 Å². The van der Waals surface area contributed by atoms with Gasteiger partial charge in [-0.2, -0.15) is 0 Å². The second-order valence-corrected chi connectivity index (χ2v) is 5.16. The van der Waals surface area contributed by atoms with E-state index in [9.17, 15) is 0 Å². The van der Waals surface area contributed by atoms with Crippen molar-refractivity contribution in [3.8, 4) is 11.5 Å². The lowest BCUT2D eigenvalue weighted by Crippen LogP contribution is -2.15. The number of amidine groups is 1. The predicted molar refractivity (Wildman–Crippen MR) is 82.3 cm³/mol. The zero-order valence-electron chi connectivity index (χ0n) is 10.7. The molecule has 0 atom stereocenters. The highest BCUT2D eigenvalue weighted by molar-refractivity contribution is 7.98. The van der Waals surface area contributed by atoms with Crippen LogP contribution >= 0.6 is 23.4 Å². The third kappa shape index (κ3) is 3.18. The minimum atomic E-state index is 0.0129. The lowest BCUT2D eigenvalue weighted by atomic mass is 10.2. The molecule has 0 saturated carbocycles. The van der Waals surface area contributed by atoms with Gasteiger partial charge in [0.25, 0.3) is 0 Å². The molecule has 0 spiro atoms. The molecular formula is C14H13ClN2O2S. The molecule has 0 saturated heterocycles. The summed E-state index contributed by atoms with van der Waals surface area (Å²) in [7, 11) is 0. The highest BCUT2D eigenvalue weighted by Gasteiger charge is 2.14. The van der Waals surface area contributed by atoms with Gasteiger partial charge in [-0.05, 0) is 42.7 Å². The molecule has 0 aliphatic heterocycles. The Morgan fingerprint density at radius 3 is 2.55 bits per heavy atom. The van der Waals surface area contributed by atoms with Gasteiger partial charge in [-0.1, -0.05) is 22.8 Å². The fraction of sp³-hybridized carbons (Fsp3) is 0.0714. The van der Waals surface area contributed by atoms with Gasteiger partial charge in [-0.15, -0.1) is 11.8 Å². The highest BCUT2D eigenvalue weighted by atomic mass is 35.5. The van der Waals surface area contributed by atoms with Crippen molar-refractivity contribution in [3.63, 3.8) is 0 Å². The van der Waals surface area contributed by atoms with Crippen LogP contribution in [0.5, 0.6) is 11.5 Å². The van der Waals surface area contributed by atoms with Crippen molar-refractivity contribution >= 4 is 29.2 Å². The molecule has 0 aromatic heterocycles. The van der Waals surface area contributed by atoms with Crippen molar-refractivity contribution in [1.29, 1.82) is 0 Å². The lowest BCUT2D eigenvalue weighted by Gasteiger charge is -2.13. The standard InChI is InChI=1S/C14H13ClN2O2S/c1-20-12-4-2-3-11(13(12)14(16)17-18)19-10-7-5-9(15)6-8-10/h2-8,18H,1H3,(H2,16,17). The van der Waals surface area contributed by atoms with Gasteiger partial charge in [-0.25, -0.2) is 0 Å². The van der Waals surface area contributed by atoms with E-state index in [2.05, 4.69) is 5.16 Å². The molecule has 0 bridgehead atoms. The zero-order chi connectivity index (χ0) is 14.5. The number of halogens is 1. The summed E-state index contributed by atoms with van der Waals surface area (Å²) in [6.07, 6.45) is 1.91. The van der Waals surface area contributed by atoms with Gasteiger partial charge in [0.15, 0.2) is 5.84 Å². The highest BCUT2D eigenvalue weighted by Crippen LogP contribution is 2.32. The summed E-state index contributed by atoms with van der Waals surface area (Å²) in [6, 6.07) is 12.5. The van der Waals surface area contributed by atoms with E-state index in [1.807, 2.05) is 18.4 Å². The normalized spacial score (nSPS) is 11.4. The molecule has 2 aromatic rings. The fourth-order valence-corrected chi connectivity index (χ4v) is 2.45. The first-order valence-electron chi connectivity index (χ1n) is 5.74. The first kappa shape index (κ1) is 14.6. The summed E-state index contributed by atoms with van der Waals surface area (Å²) in [6.45, 7) is 0. The van der Waals surface area contributed by atoms with Crippen LogP contribution in [0.1, 0.15) is 5.56 Å². The first-order valence-corrected chi connectivity index (χ1v) is 7.34. The Hall–Kier alpha value is -1.85. The maximum atomic E-state index is 8.92. The smallest absolute Gasteiger partial charge is 0.175 e. The maximum Gasteiger partial charge on any atom is 0.175 e. The van der Waals surface area contributed by atoms with Crippen LogP contribution in [0.3, 0.4) is 0 Å². The number of rotatable bonds is 4. The molecule has 0 aliphatic carbocycles. The van der Waals surface area contributed by atoms with E-state index in [4.69, 9.17) is 27.3 Å². The number of oxime groups is 1. The minimum absolute atomic E-state index is 0.0129. The fourth-order valence-electron chi connectivity index (χ4n) is 1.70. The number of thioether (sulfide) groups is 1. The number of hydrogen-bond acceptors (Lipinski definition) is 4. The van der Waals surface area contributed by atoms with E-state index in [1.54, 1.807) is 30.3 Å². The summed E-state index contributed by atoms with van der Waals surface area (Å²) in [5.74, 6) is 1.16. The van der Waals surface area contributed by atoms with Crippen LogP contribution in [-0.2, 0) is 0 Å². The maximum absolute atomic E-state index is 8.92. The van der Waals surface area contributed by atoms with E-state index in [1.165, 1.54) is 11.8 Å². The van der Waals surface area contributed by atoms with Crippen LogP contribution in [0.25, 0.3) is 0 Å². The van der Waals surface area contributed by atoms with Crippen LogP contribution in [0.4, 0.5) is 0 Å². The molecule has 3 N–H and O–H groups in total. The summed E-state index contributed by atoms with van der Waals surface area (Å²) < 4.78 is 5.79. The summed E-state index contributed by atoms with van der Waals surface area (Å²) >= 11 is 7.33. The first-order chi connectivity index (χ1) is 9.65. The molecule has 4 nitrogen and oxygen atoms in total. The Morgan fingerprint density at radius 1 is 1.25 bits per heavy atom. The Balaban J connectivity index is 2.43. The zero-order valence-corrected chi connectivity index (χ0v) is 12.3. The van der Waals surface area contributed by atoms with Gasteiger partial charge in [0.2, 0.25) is 0 Å². The lowest BCUT2D eigenvalue weighted by molar-refractivity contribution is 0.318.